The Balaban J connectivity index is 1.24. The van der Waals surface area contributed by atoms with Crippen LogP contribution in [0.3, 0.4) is 0 Å². The molecule has 1 unspecified atom stereocenters. The van der Waals surface area contributed by atoms with Crippen molar-refractivity contribution in [2.75, 3.05) is 48.0 Å². The molecule has 0 radical (unpaired) electrons. The van der Waals surface area contributed by atoms with Crippen LogP contribution < -0.4 is 20.0 Å². The Bertz CT molecular complexity index is 1010. The van der Waals surface area contributed by atoms with Crippen molar-refractivity contribution in [1.29, 1.82) is 0 Å². The molecule has 1 aromatic heterocycles. The molecule has 3 N–H and O–H groups in total. The van der Waals surface area contributed by atoms with E-state index in [1.165, 1.54) is 24.2 Å². The molecule has 0 spiro atoms. The highest BCUT2D eigenvalue weighted by Gasteiger charge is 2.32. The minimum Gasteiger partial charge on any atom is -0.378 e. The van der Waals surface area contributed by atoms with Crippen molar-refractivity contribution in [1.82, 2.24) is 10.2 Å². The molecule has 1 aliphatic carbocycles. The number of H-pyrrole nitrogens is 1. The number of fused-ring (bicyclic) bond motifs is 1. The molecule has 1 saturated carbocycles. The van der Waals surface area contributed by atoms with Crippen LogP contribution in [-0.2, 0) is 4.74 Å². The van der Waals surface area contributed by atoms with E-state index in [1.807, 2.05) is 6.20 Å². The Morgan fingerprint density at radius 2 is 1.90 bits per heavy atom. The number of anilines is 3. The number of ether oxygens (including phenoxy) is 1. The number of nitrogens with one attached hydrogen (secondary N) is 3. The van der Waals surface area contributed by atoms with Gasteiger partial charge in [0.05, 0.1) is 25.6 Å². The molecule has 1 aromatic carbocycles. The van der Waals surface area contributed by atoms with E-state index in [4.69, 9.17) is 4.74 Å². The van der Waals surface area contributed by atoms with Crippen LogP contribution in [0, 0.1) is 0 Å². The molecule has 4 aliphatic rings. The lowest BCUT2D eigenvalue weighted by Crippen LogP contribution is -3.10. The number of aliphatic imine (C=N–C) groups is 1. The van der Waals surface area contributed by atoms with E-state index in [0.717, 1.165) is 60.9 Å². The van der Waals surface area contributed by atoms with Gasteiger partial charge in [0.2, 0.25) is 11.7 Å². The highest BCUT2D eigenvalue weighted by Crippen LogP contribution is 2.39. The van der Waals surface area contributed by atoms with E-state index in [1.54, 1.807) is 0 Å². The van der Waals surface area contributed by atoms with Crippen LogP contribution in [0.25, 0.3) is 0 Å². The number of hydrogen-bond donors (Lipinski definition) is 3. The maximum Gasteiger partial charge on any atom is 0.232 e. The first-order valence-electron chi connectivity index (χ1n) is 10.7. The van der Waals surface area contributed by atoms with E-state index in [0.29, 0.717) is 5.92 Å². The minimum absolute atomic E-state index is 0.658. The molecule has 8 heteroatoms. The fourth-order valence-corrected chi connectivity index (χ4v) is 4.26. The first-order valence-corrected chi connectivity index (χ1v) is 10.7. The van der Waals surface area contributed by atoms with Gasteiger partial charge < -0.3 is 14.5 Å². The lowest BCUT2D eigenvalue weighted by atomic mass is 10.2. The number of benzene rings is 1. The average Bonchev–Trinajstić information content (AvgIpc) is 3.35. The molecular formula is C22H26N7O+. The summed E-state index contributed by atoms with van der Waals surface area (Å²) >= 11 is 0. The van der Waals surface area contributed by atoms with Crippen molar-refractivity contribution in [2.24, 2.45) is 4.99 Å². The molecule has 0 amide bonds. The topological polar surface area (TPSA) is 73.2 Å². The predicted octanol–water partition coefficient (Wildman–Crippen LogP) is 1.62. The summed E-state index contributed by atoms with van der Waals surface area (Å²) in [5, 5.41) is 11.1. The summed E-state index contributed by atoms with van der Waals surface area (Å²) in [6.45, 7) is 4.26. The Hall–Kier alpha value is -3.10. The predicted molar refractivity (Wildman–Crippen MR) is 117 cm³/mol. The van der Waals surface area contributed by atoms with Crippen LogP contribution in [0.4, 0.5) is 17.2 Å². The van der Waals surface area contributed by atoms with Crippen molar-refractivity contribution in [3.8, 4) is 0 Å². The monoisotopic (exact) mass is 404 g/mol. The zero-order chi connectivity index (χ0) is 19.9. The van der Waals surface area contributed by atoms with Crippen LogP contribution in [0.1, 0.15) is 24.5 Å². The van der Waals surface area contributed by atoms with Gasteiger partial charge in [0, 0.05) is 42.1 Å². The lowest BCUT2D eigenvalue weighted by molar-refractivity contribution is -0.698. The Morgan fingerprint density at radius 1 is 1.10 bits per heavy atom. The minimum atomic E-state index is 0.658. The first-order chi connectivity index (χ1) is 14.8. The van der Waals surface area contributed by atoms with Crippen LogP contribution >= 0.6 is 0 Å². The van der Waals surface area contributed by atoms with Crippen molar-refractivity contribution in [3.05, 3.63) is 60.4 Å². The first kappa shape index (κ1) is 17.7. The van der Waals surface area contributed by atoms with Gasteiger partial charge in [-0.3, -0.25) is 10.4 Å². The molecule has 2 aromatic rings. The molecule has 30 heavy (non-hydrogen) atoms. The third-order valence-electron chi connectivity index (χ3n) is 6.11. The van der Waals surface area contributed by atoms with Gasteiger partial charge in [0.1, 0.15) is 12.7 Å². The quantitative estimate of drug-likeness (QED) is 0.706. The van der Waals surface area contributed by atoms with Gasteiger partial charge in [0.15, 0.2) is 5.82 Å². The van der Waals surface area contributed by atoms with Crippen molar-refractivity contribution in [3.63, 3.8) is 0 Å². The summed E-state index contributed by atoms with van der Waals surface area (Å²) in [6, 6.07) is 10.9. The van der Waals surface area contributed by atoms with E-state index < -0.39 is 0 Å². The Kier molecular flexibility index (Phi) is 4.32. The summed E-state index contributed by atoms with van der Waals surface area (Å²) < 4.78 is 5.47. The van der Waals surface area contributed by atoms with E-state index >= 15 is 0 Å². The standard InChI is InChI=1S/C22H25N7O/c1-2-16(1)19-13-20(26-25-19)24-22-15-28(14-21-23-7-8-29(21)22)18-5-3-17(4-6-18)27-9-11-30-12-10-27/h3-8,13,15-16H,1-2,9-12,14H2,(H2,24,25,26)/p+1. The SMILES string of the molecule is C1=C[NH+]2C(Nc3cc(C4CC4)[nH]n3)=CN(c3ccc(N4CCOCC4)cc3)CC2=N1. The Morgan fingerprint density at radius 3 is 2.70 bits per heavy atom. The highest BCUT2D eigenvalue weighted by molar-refractivity contribution is 5.84. The second-order valence-corrected chi connectivity index (χ2v) is 8.20. The number of morpholine rings is 1. The highest BCUT2D eigenvalue weighted by atomic mass is 16.5. The maximum atomic E-state index is 5.47. The van der Waals surface area contributed by atoms with Crippen LogP contribution in [0.5, 0.6) is 0 Å². The largest absolute Gasteiger partial charge is 0.378 e. The Labute approximate surface area is 175 Å². The smallest absolute Gasteiger partial charge is 0.232 e. The lowest BCUT2D eigenvalue weighted by Gasteiger charge is -2.31. The van der Waals surface area contributed by atoms with Crippen LogP contribution in [0.2, 0.25) is 0 Å². The summed E-state index contributed by atoms with van der Waals surface area (Å²) in [5.41, 5.74) is 3.63. The number of hydrogen-bond acceptors (Lipinski definition) is 6. The zero-order valence-electron chi connectivity index (χ0n) is 16.8. The van der Waals surface area contributed by atoms with Crippen molar-refractivity contribution >= 4 is 23.0 Å². The van der Waals surface area contributed by atoms with Crippen molar-refractivity contribution < 1.29 is 9.64 Å². The number of rotatable bonds is 5. The molecule has 3 aliphatic heterocycles. The fourth-order valence-electron chi connectivity index (χ4n) is 4.26. The third kappa shape index (κ3) is 3.38. The van der Waals surface area contributed by atoms with Gasteiger partial charge in [-0.1, -0.05) is 0 Å². The van der Waals surface area contributed by atoms with Gasteiger partial charge in [-0.2, -0.15) is 5.10 Å². The second kappa shape index (κ2) is 7.30. The normalized spacial score (nSPS) is 23.3. The third-order valence-corrected chi connectivity index (χ3v) is 6.11. The van der Waals surface area contributed by atoms with Gasteiger partial charge >= 0.3 is 0 Å². The van der Waals surface area contributed by atoms with Gasteiger partial charge in [0.25, 0.3) is 0 Å². The molecule has 8 nitrogen and oxygen atoms in total. The van der Waals surface area contributed by atoms with E-state index in [-0.39, 0.29) is 0 Å². The zero-order valence-corrected chi connectivity index (χ0v) is 16.8. The molecule has 154 valence electrons. The summed E-state index contributed by atoms with van der Waals surface area (Å²) in [5.74, 6) is 3.63. The molecule has 2 fully saturated rings. The van der Waals surface area contributed by atoms with Gasteiger partial charge in [-0.15, -0.1) is 0 Å². The molecule has 4 heterocycles. The van der Waals surface area contributed by atoms with Gasteiger partial charge in [-0.25, -0.2) is 9.89 Å². The average molecular weight is 404 g/mol. The summed E-state index contributed by atoms with van der Waals surface area (Å²) in [7, 11) is 0. The van der Waals surface area contributed by atoms with E-state index in [2.05, 4.69) is 73.0 Å². The fraction of sp³-hybridized carbons (Fsp3) is 0.364. The number of aromatic nitrogens is 2. The van der Waals surface area contributed by atoms with E-state index in [9.17, 15) is 0 Å². The molecule has 1 atom stereocenters. The molecule has 1 saturated heterocycles. The molecule has 0 bridgehead atoms. The summed E-state index contributed by atoms with van der Waals surface area (Å²) in [6.07, 6.45) is 8.64. The van der Waals surface area contributed by atoms with Crippen LogP contribution in [0.15, 0.2) is 59.7 Å². The molecule has 6 rings (SSSR count). The summed E-state index contributed by atoms with van der Waals surface area (Å²) in [4.78, 5) is 10.3. The number of nitrogens with zero attached hydrogens (tertiary/aromatic N) is 4. The van der Waals surface area contributed by atoms with Crippen molar-refractivity contribution in [2.45, 2.75) is 18.8 Å². The van der Waals surface area contributed by atoms with Gasteiger partial charge in [-0.05, 0) is 37.1 Å². The number of amidine groups is 1. The second-order valence-electron chi connectivity index (χ2n) is 8.20. The molecular weight excluding hydrogens is 378 g/mol. The number of aromatic amines is 1. The van der Waals surface area contributed by atoms with Crippen LogP contribution in [-0.4, -0.2) is 48.9 Å². The number of quaternary nitrogens is 1. The maximum absolute atomic E-state index is 5.47.